The molecule has 1 aromatic rings. The first kappa shape index (κ1) is 10.6. The summed E-state index contributed by atoms with van der Waals surface area (Å²) in [7, 11) is 0. The Kier molecular flexibility index (Phi) is 3.19. The molecule has 1 rings (SSSR count). The highest BCUT2D eigenvalue weighted by Gasteiger charge is 2.09. The third kappa shape index (κ3) is 2.29. The number of carbonyl (C=O) groups is 1. The number of carboxylic acid groups (broad SMARTS) is 1. The molecule has 0 aliphatic carbocycles. The van der Waals surface area contributed by atoms with Gasteiger partial charge in [0.2, 0.25) is 0 Å². The van der Waals surface area contributed by atoms with E-state index < -0.39 is 5.97 Å². The maximum absolute atomic E-state index is 11.3. The second-order valence-corrected chi connectivity index (χ2v) is 3.20. The fraction of sp³-hybridized carbons (Fsp3) is 0.375. The minimum atomic E-state index is -0.990. The lowest BCUT2D eigenvalue weighted by Crippen LogP contribution is -2.19. The largest absolute Gasteiger partial charge is 0.481 e. The van der Waals surface area contributed by atoms with E-state index in [-0.39, 0.29) is 16.8 Å². The molecule has 0 fully saturated rings. The van der Waals surface area contributed by atoms with E-state index in [9.17, 15) is 9.59 Å². The molecule has 1 aromatic heterocycles. The summed E-state index contributed by atoms with van der Waals surface area (Å²) < 4.78 is 0.156. The van der Waals surface area contributed by atoms with Crippen LogP contribution < -0.4 is 5.56 Å². The van der Waals surface area contributed by atoms with Gasteiger partial charge in [-0.05, 0) is 18.6 Å². The van der Waals surface area contributed by atoms with Crippen LogP contribution in [0.1, 0.15) is 18.2 Å². The van der Waals surface area contributed by atoms with Crippen LogP contribution in [0.5, 0.6) is 0 Å². The summed E-state index contributed by atoms with van der Waals surface area (Å²) in [5.74, 6) is -0.990. The van der Waals surface area contributed by atoms with Crippen LogP contribution in [0.4, 0.5) is 0 Å². The lowest BCUT2D eigenvalue weighted by molar-refractivity contribution is -0.136. The van der Waals surface area contributed by atoms with Crippen LogP contribution in [0.3, 0.4) is 0 Å². The Morgan fingerprint density at radius 2 is 2.14 bits per heavy atom. The zero-order valence-electron chi connectivity index (χ0n) is 7.59. The molecule has 0 unspecified atom stereocenters. The van der Waals surface area contributed by atoms with Crippen LogP contribution in [0.25, 0.3) is 0 Å². The molecule has 14 heavy (non-hydrogen) atoms. The average molecular weight is 214 g/mol. The van der Waals surface area contributed by atoms with Crippen molar-refractivity contribution in [2.24, 2.45) is 0 Å². The number of carboxylic acids is 1. The quantitative estimate of drug-likeness (QED) is 0.644. The topological polar surface area (TPSA) is 85.9 Å². The van der Waals surface area contributed by atoms with E-state index in [2.05, 4.69) is 9.97 Å². The predicted molar refractivity (Wildman–Crippen MR) is 53.0 cm³/mol. The summed E-state index contributed by atoms with van der Waals surface area (Å²) in [6, 6.07) is 0. The summed E-state index contributed by atoms with van der Waals surface area (Å²) in [6.45, 7) is 1.78. The number of hydrogen-bond acceptors (Lipinski definition) is 3. The van der Waals surface area contributed by atoms with Gasteiger partial charge in [-0.25, -0.2) is 0 Å². The van der Waals surface area contributed by atoms with Crippen LogP contribution in [0.15, 0.2) is 4.79 Å². The summed E-state index contributed by atoms with van der Waals surface area (Å²) >= 11 is 4.74. The molecule has 76 valence electrons. The molecule has 0 saturated carbocycles. The third-order valence-electron chi connectivity index (χ3n) is 1.81. The number of rotatable bonds is 3. The Hall–Kier alpha value is -1.43. The van der Waals surface area contributed by atoms with Gasteiger partial charge in [0, 0.05) is 11.3 Å². The highest BCUT2D eigenvalue weighted by atomic mass is 32.1. The smallest absolute Gasteiger partial charge is 0.309 e. The van der Waals surface area contributed by atoms with Gasteiger partial charge in [0.1, 0.15) is 0 Å². The highest BCUT2D eigenvalue weighted by Crippen LogP contribution is 2.01. The Labute approximate surface area is 84.8 Å². The van der Waals surface area contributed by atoms with Gasteiger partial charge in [0.15, 0.2) is 4.77 Å². The molecule has 6 heteroatoms. The van der Waals surface area contributed by atoms with Gasteiger partial charge in [-0.3, -0.25) is 14.6 Å². The van der Waals surface area contributed by atoms with Gasteiger partial charge in [-0.2, -0.15) is 0 Å². The van der Waals surface area contributed by atoms with Crippen molar-refractivity contribution in [1.82, 2.24) is 9.97 Å². The second-order valence-electron chi connectivity index (χ2n) is 2.79. The van der Waals surface area contributed by atoms with Crippen molar-refractivity contribution < 1.29 is 9.90 Å². The SMILES string of the molecule is CCc1c(CC(=O)O)[nH]c(=S)[nH]c1=O. The Morgan fingerprint density at radius 3 is 2.64 bits per heavy atom. The molecule has 0 saturated heterocycles. The second kappa shape index (κ2) is 4.19. The number of aliphatic carboxylic acids is 1. The number of nitrogens with one attached hydrogen (secondary N) is 2. The number of hydrogen-bond donors (Lipinski definition) is 3. The van der Waals surface area contributed by atoms with E-state index in [1.807, 2.05) is 0 Å². The zero-order valence-corrected chi connectivity index (χ0v) is 8.40. The van der Waals surface area contributed by atoms with Gasteiger partial charge in [-0.1, -0.05) is 6.92 Å². The van der Waals surface area contributed by atoms with E-state index >= 15 is 0 Å². The van der Waals surface area contributed by atoms with Crippen LogP contribution in [0, 0.1) is 4.77 Å². The van der Waals surface area contributed by atoms with Crippen molar-refractivity contribution in [1.29, 1.82) is 0 Å². The Morgan fingerprint density at radius 1 is 1.50 bits per heavy atom. The molecule has 0 aromatic carbocycles. The Bertz CT molecular complexity index is 460. The molecule has 0 bridgehead atoms. The van der Waals surface area contributed by atoms with Crippen molar-refractivity contribution >= 4 is 18.2 Å². The summed E-state index contributed by atoms with van der Waals surface area (Å²) in [5, 5.41) is 8.60. The maximum Gasteiger partial charge on any atom is 0.309 e. The fourth-order valence-electron chi connectivity index (χ4n) is 1.24. The molecule has 0 atom stereocenters. The number of aromatic nitrogens is 2. The van der Waals surface area contributed by atoms with Crippen molar-refractivity contribution in [3.05, 3.63) is 26.4 Å². The van der Waals surface area contributed by atoms with Gasteiger partial charge < -0.3 is 10.1 Å². The molecule has 0 aliphatic rings. The highest BCUT2D eigenvalue weighted by molar-refractivity contribution is 7.71. The zero-order chi connectivity index (χ0) is 10.7. The van der Waals surface area contributed by atoms with Gasteiger partial charge in [0.05, 0.1) is 6.42 Å². The molecule has 0 spiro atoms. The van der Waals surface area contributed by atoms with Gasteiger partial charge >= 0.3 is 5.97 Å². The van der Waals surface area contributed by atoms with Crippen molar-refractivity contribution in [2.45, 2.75) is 19.8 Å². The normalized spacial score (nSPS) is 10.1. The molecular weight excluding hydrogens is 204 g/mol. The summed E-state index contributed by atoms with van der Waals surface area (Å²) in [5.41, 5.74) is 0.516. The first-order valence-corrected chi connectivity index (χ1v) is 4.51. The van der Waals surface area contributed by atoms with Crippen LogP contribution in [-0.4, -0.2) is 21.0 Å². The van der Waals surface area contributed by atoms with E-state index in [1.54, 1.807) is 6.92 Å². The van der Waals surface area contributed by atoms with E-state index in [1.165, 1.54) is 0 Å². The van der Waals surface area contributed by atoms with E-state index in [0.29, 0.717) is 17.7 Å². The third-order valence-corrected chi connectivity index (χ3v) is 2.02. The molecule has 0 aliphatic heterocycles. The molecule has 5 nitrogen and oxygen atoms in total. The number of aromatic amines is 2. The summed E-state index contributed by atoms with van der Waals surface area (Å²) in [6.07, 6.45) is 0.265. The number of H-pyrrole nitrogens is 2. The minimum Gasteiger partial charge on any atom is -0.481 e. The molecule has 3 N–H and O–H groups in total. The van der Waals surface area contributed by atoms with Crippen LogP contribution >= 0.6 is 12.2 Å². The van der Waals surface area contributed by atoms with E-state index in [0.717, 1.165) is 0 Å². The molecule has 1 heterocycles. The lowest BCUT2D eigenvalue weighted by Gasteiger charge is -2.03. The summed E-state index contributed by atoms with van der Waals surface area (Å²) in [4.78, 5) is 26.9. The predicted octanol–water partition coefficient (Wildman–Crippen LogP) is 0.622. The van der Waals surface area contributed by atoms with Crippen molar-refractivity contribution in [3.63, 3.8) is 0 Å². The first-order valence-electron chi connectivity index (χ1n) is 4.10. The van der Waals surface area contributed by atoms with Gasteiger partial charge in [0.25, 0.3) is 5.56 Å². The molecule has 0 amide bonds. The monoisotopic (exact) mass is 214 g/mol. The van der Waals surface area contributed by atoms with Crippen molar-refractivity contribution in [3.8, 4) is 0 Å². The standard InChI is InChI=1S/C8H10N2O3S/c1-2-4-5(3-6(11)12)9-8(14)10-7(4)13/h2-3H2,1H3,(H,11,12)(H2,9,10,13,14). The fourth-order valence-corrected chi connectivity index (χ4v) is 1.45. The Balaban J connectivity index is 3.32. The molecular formula is C8H10N2O3S. The van der Waals surface area contributed by atoms with E-state index in [4.69, 9.17) is 17.3 Å². The van der Waals surface area contributed by atoms with Crippen LogP contribution in [0.2, 0.25) is 0 Å². The minimum absolute atomic E-state index is 0.156. The van der Waals surface area contributed by atoms with Crippen LogP contribution in [-0.2, 0) is 17.6 Å². The first-order chi connectivity index (χ1) is 6.54. The van der Waals surface area contributed by atoms with Crippen molar-refractivity contribution in [2.75, 3.05) is 0 Å². The maximum atomic E-state index is 11.3. The lowest BCUT2D eigenvalue weighted by atomic mass is 10.1. The molecule has 0 radical (unpaired) electrons. The average Bonchev–Trinajstić information content (AvgIpc) is 2.01. The van der Waals surface area contributed by atoms with Gasteiger partial charge in [-0.15, -0.1) is 0 Å².